The van der Waals surface area contributed by atoms with E-state index >= 15 is 0 Å². The van der Waals surface area contributed by atoms with Gasteiger partial charge in [-0.1, -0.05) is 5.04 Å². The van der Waals surface area contributed by atoms with Gasteiger partial charge in [0.1, 0.15) is 30.5 Å². The number of hydrogen-bond donors (Lipinski definition) is 7. The Morgan fingerprint density at radius 3 is 2.63 bits per heavy atom. The van der Waals surface area contributed by atoms with E-state index in [2.05, 4.69) is 24.3 Å². The number of nitrogens with zero attached hydrogens (tertiary/aromatic N) is 3. The Kier molecular flexibility index (Phi) is 8.85. The van der Waals surface area contributed by atoms with E-state index in [0.29, 0.717) is 0 Å². The summed E-state index contributed by atoms with van der Waals surface area (Å²) in [7, 11) is -5.19. The maximum absolute atomic E-state index is 12.2. The number of fused-ring (bicyclic) bond motifs is 1. The van der Waals surface area contributed by atoms with E-state index in [4.69, 9.17) is 33.6 Å². The number of ether oxygens (including phenoxy) is 3. The Morgan fingerprint density at radius 2 is 1.95 bits per heavy atom. The number of aromatic amines is 1. The molecule has 22 heteroatoms. The minimum absolute atomic E-state index is 0.146. The normalized spacial score (nSPS) is 34.2. The molecule has 0 radical (unpaired) electrons. The number of aromatic nitrogens is 4. The largest absolute Gasteiger partial charge is 0.397 e. The highest BCUT2D eigenvalue weighted by atomic mass is 32.3. The van der Waals surface area contributed by atoms with E-state index in [9.17, 15) is 33.1 Å². The molecular formula is C16H23N5O15S2. The first kappa shape index (κ1) is 29.0. The van der Waals surface area contributed by atoms with Crippen LogP contribution in [0.3, 0.4) is 0 Å². The molecule has 4 heterocycles. The summed E-state index contributed by atoms with van der Waals surface area (Å²) in [5.74, 6) is -0.306. The molecule has 3 unspecified atom stereocenters. The van der Waals surface area contributed by atoms with Gasteiger partial charge >= 0.3 is 10.4 Å². The van der Waals surface area contributed by atoms with Crippen LogP contribution in [0, 0.1) is 0 Å². The maximum Gasteiger partial charge on any atom is 0.397 e. The third-order valence-corrected chi connectivity index (χ3v) is 6.50. The van der Waals surface area contributed by atoms with Crippen molar-refractivity contribution in [1.82, 2.24) is 19.5 Å². The molecule has 2 aliphatic rings. The number of anilines is 1. The quantitative estimate of drug-likeness (QED) is 0.0477. The summed E-state index contributed by atoms with van der Waals surface area (Å²) < 4.78 is 65.2. The van der Waals surface area contributed by atoms with Crippen molar-refractivity contribution in [2.24, 2.45) is 0 Å². The molecule has 2 aliphatic heterocycles. The van der Waals surface area contributed by atoms with Crippen LogP contribution in [0.2, 0.25) is 0 Å². The third-order valence-electron chi connectivity index (χ3n) is 5.68. The molecule has 0 bridgehead atoms. The molecule has 4 rings (SSSR count). The summed E-state index contributed by atoms with van der Waals surface area (Å²) in [5.41, 5.74) is 4.53. The Labute approximate surface area is 216 Å². The number of H-pyrrole nitrogens is 1. The van der Waals surface area contributed by atoms with Crippen LogP contribution in [0.4, 0.5) is 5.95 Å². The molecular weight excluding hydrogens is 566 g/mol. The molecule has 38 heavy (non-hydrogen) atoms. The molecule has 0 amide bonds. The lowest BCUT2D eigenvalue weighted by atomic mass is 10.00. The topological polar surface area (TPSA) is 289 Å². The minimum atomic E-state index is -5.19. The van der Waals surface area contributed by atoms with Gasteiger partial charge in [-0.3, -0.25) is 23.1 Å². The van der Waals surface area contributed by atoms with Gasteiger partial charge < -0.3 is 35.3 Å². The fourth-order valence-electron chi connectivity index (χ4n) is 4.01. The Bertz CT molecular complexity index is 1280. The highest BCUT2D eigenvalue weighted by Crippen LogP contribution is 2.38. The van der Waals surface area contributed by atoms with E-state index in [1.165, 1.54) is 6.92 Å². The van der Waals surface area contributed by atoms with Gasteiger partial charge in [-0.05, 0) is 6.92 Å². The number of rotatable bonds is 10. The molecule has 2 saturated heterocycles. The molecule has 0 aliphatic carbocycles. The van der Waals surface area contributed by atoms with Gasteiger partial charge in [-0.25, -0.2) is 14.4 Å². The number of aliphatic hydroxyl groups excluding tert-OH is 3. The molecule has 2 fully saturated rings. The Morgan fingerprint density at radius 1 is 1.21 bits per heavy atom. The summed E-state index contributed by atoms with van der Waals surface area (Å²) in [5, 5.41) is 42.2. The fourth-order valence-corrected chi connectivity index (χ4v) is 4.75. The molecule has 2 aromatic heterocycles. The standard InChI is InChI=1S/C16H23N5O15S2/c1-4-7(22)8(23)9(24)15(31-4)33-10-5(2-30-37-36-35-26)32-14(11(10)34-38(27,28)29)21-3-18-6-12(21)19-16(17)20-13(6)25/h3-5,7-11,14-15,22-24,26H,2H2,1H3,(H,27,28,29)(H3,17,19,20,25)/t4?,5-,7+,8-,9+,10+,11?,14-,15?/m1/s1. The van der Waals surface area contributed by atoms with Crippen LogP contribution >= 0.6 is 12.3 Å². The first-order valence-electron chi connectivity index (χ1n) is 10.6. The van der Waals surface area contributed by atoms with E-state index in [0.717, 1.165) is 10.9 Å². The van der Waals surface area contributed by atoms with E-state index in [1.807, 2.05) is 0 Å². The van der Waals surface area contributed by atoms with Crippen molar-refractivity contribution in [1.29, 1.82) is 0 Å². The van der Waals surface area contributed by atoms with Gasteiger partial charge in [-0.2, -0.15) is 13.4 Å². The van der Waals surface area contributed by atoms with Crippen LogP contribution < -0.4 is 11.3 Å². The van der Waals surface area contributed by atoms with Crippen molar-refractivity contribution < 1.29 is 65.5 Å². The highest BCUT2D eigenvalue weighted by molar-refractivity contribution is 7.89. The summed E-state index contributed by atoms with van der Waals surface area (Å²) in [6.45, 7) is 0.887. The SMILES string of the molecule is CC1OC(O[C@@H]2C(OS(=O)(=O)O)[C@H](n3cnc4c(=O)[nH]c(N)nc43)O[C@@H]2COSOOO)[C@@H](O)[C@H](O)[C@H]1O. The van der Waals surface area contributed by atoms with Gasteiger partial charge in [0.2, 0.25) is 5.95 Å². The summed E-state index contributed by atoms with van der Waals surface area (Å²) in [6.07, 6.45) is -12.8. The molecule has 0 spiro atoms. The second kappa shape index (κ2) is 11.6. The van der Waals surface area contributed by atoms with Crippen molar-refractivity contribution in [3.63, 3.8) is 0 Å². The van der Waals surface area contributed by atoms with Crippen molar-refractivity contribution in [2.75, 3.05) is 12.3 Å². The minimum Gasteiger partial charge on any atom is -0.388 e. The zero-order valence-corrected chi connectivity index (χ0v) is 20.7. The van der Waals surface area contributed by atoms with Gasteiger partial charge in [-0.15, -0.1) is 4.33 Å². The van der Waals surface area contributed by atoms with E-state index < -0.39 is 77.8 Å². The predicted octanol–water partition coefficient (Wildman–Crippen LogP) is -3.00. The number of nitrogens with two attached hydrogens (primary N) is 1. The van der Waals surface area contributed by atoms with Crippen LogP contribution in [0.15, 0.2) is 11.1 Å². The van der Waals surface area contributed by atoms with Gasteiger partial charge in [0, 0.05) is 0 Å². The first-order valence-corrected chi connectivity index (χ1v) is 12.6. The second-order valence-electron chi connectivity index (χ2n) is 8.11. The Balaban J connectivity index is 1.72. The fraction of sp³-hybridized carbons (Fsp3) is 0.688. The van der Waals surface area contributed by atoms with Crippen LogP contribution in [-0.4, -0.2) is 109 Å². The second-order valence-corrected chi connectivity index (χ2v) is 9.66. The van der Waals surface area contributed by atoms with Crippen LogP contribution in [0.5, 0.6) is 0 Å². The number of imidazole rings is 1. The summed E-state index contributed by atoms with van der Waals surface area (Å²) >= 11 is 0.146. The van der Waals surface area contributed by atoms with Gasteiger partial charge in [0.25, 0.3) is 5.56 Å². The molecule has 9 atom stereocenters. The van der Waals surface area contributed by atoms with Crippen LogP contribution in [0.25, 0.3) is 11.2 Å². The molecule has 8 N–H and O–H groups in total. The van der Waals surface area contributed by atoms with Gasteiger partial charge in [0.15, 0.2) is 42.1 Å². The molecule has 20 nitrogen and oxygen atoms in total. The zero-order valence-electron chi connectivity index (χ0n) is 19.0. The molecule has 2 aromatic rings. The predicted molar refractivity (Wildman–Crippen MR) is 118 cm³/mol. The lowest BCUT2D eigenvalue weighted by molar-refractivity contribution is -0.434. The number of nitrogen functional groups attached to an aromatic ring is 1. The van der Waals surface area contributed by atoms with Crippen LogP contribution in [0.1, 0.15) is 13.2 Å². The first-order chi connectivity index (χ1) is 17.9. The van der Waals surface area contributed by atoms with Crippen molar-refractivity contribution in [3.8, 4) is 0 Å². The summed E-state index contributed by atoms with van der Waals surface area (Å²) in [6, 6.07) is 0. The van der Waals surface area contributed by atoms with Crippen LogP contribution in [-0.2, 0) is 42.3 Å². The summed E-state index contributed by atoms with van der Waals surface area (Å²) in [4.78, 5) is 22.3. The van der Waals surface area contributed by atoms with Crippen molar-refractivity contribution in [3.05, 3.63) is 16.7 Å². The molecule has 214 valence electrons. The van der Waals surface area contributed by atoms with Crippen molar-refractivity contribution >= 4 is 39.8 Å². The molecule has 0 aromatic carbocycles. The smallest absolute Gasteiger partial charge is 0.388 e. The monoisotopic (exact) mass is 589 g/mol. The average molecular weight is 590 g/mol. The zero-order chi connectivity index (χ0) is 27.8. The average Bonchev–Trinajstić information content (AvgIpc) is 3.39. The highest BCUT2D eigenvalue weighted by Gasteiger charge is 2.53. The number of aliphatic hydroxyl groups is 3. The maximum atomic E-state index is 12.2. The Hall–Kier alpha value is -2.03. The third kappa shape index (κ3) is 6.07. The van der Waals surface area contributed by atoms with E-state index in [1.54, 1.807) is 0 Å². The lowest BCUT2D eigenvalue weighted by Gasteiger charge is -2.40. The van der Waals surface area contributed by atoms with Gasteiger partial charge in [0.05, 0.1) is 19.0 Å². The van der Waals surface area contributed by atoms with Crippen molar-refractivity contribution in [2.45, 2.75) is 62.2 Å². The van der Waals surface area contributed by atoms with E-state index in [-0.39, 0.29) is 29.4 Å². The molecule has 0 saturated carbocycles. The number of nitrogens with one attached hydrogen (secondary N) is 1. The number of hydrogen-bond acceptors (Lipinski definition) is 18. The lowest BCUT2D eigenvalue weighted by Crippen LogP contribution is -2.59.